The SMILES string of the molecule is Cc1ccc(N(C)C(=O)NC2CCC(C(=O)O)C2)c(C)c1. The van der Waals surface area contributed by atoms with Crippen LogP contribution in [0.4, 0.5) is 10.5 Å². The second-order valence-electron chi connectivity index (χ2n) is 5.84. The van der Waals surface area contributed by atoms with Crippen LogP contribution in [0.25, 0.3) is 0 Å². The van der Waals surface area contributed by atoms with E-state index in [2.05, 4.69) is 5.32 Å². The minimum atomic E-state index is -0.769. The molecule has 2 rings (SSSR count). The van der Waals surface area contributed by atoms with E-state index in [1.165, 1.54) is 0 Å². The van der Waals surface area contributed by atoms with Crippen molar-refractivity contribution < 1.29 is 14.7 Å². The summed E-state index contributed by atoms with van der Waals surface area (Å²) >= 11 is 0. The molecule has 2 amide bonds. The Morgan fingerprint density at radius 2 is 2.00 bits per heavy atom. The lowest BCUT2D eigenvalue weighted by molar-refractivity contribution is -0.141. The molecule has 114 valence electrons. The highest BCUT2D eigenvalue weighted by Crippen LogP contribution is 2.26. The van der Waals surface area contributed by atoms with E-state index in [9.17, 15) is 9.59 Å². The van der Waals surface area contributed by atoms with Crippen LogP contribution < -0.4 is 10.2 Å². The first-order valence-corrected chi connectivity index (χ1v) is 7.22. The van der Waals surface area contributed by atoms with Crippen LogP contribution in [0, 0.1) is 19.8 Å². The zero-order valence-corrected chi connectivity index (χ0v) is 12.7. The van der Waals surface area contributed by atoms with Crippen LogP contribution in [-0.2, 0) is 4.79 Å². The fourth-order valence-electron chi connectivity index (χ4n) is 2.90. The Morgan fingerprint density at radius 3 is 2.57 bits per heavy atom. The van der Waals surface area contributed by atoms with Crippen LogP contribution in [0.2, 0.25) is 0 Å². The predicted octanol–water partition coefficient (Wildman–Crippen LogP) is 2.70. The summed E-state index contributed by atoms with van der Waals surface area (Å²) in [5, 5.41) is 11.9. The lowest BCUT2D eigenvalue weighted by Gasteiger charge is -2.23. The van der Waals surface area contributed by atoms with E-state index in [-0.39, 0.29) is 18.0 Å². The second-order valence-corrected chi connectivity index (χ2v) is 5.84. The standard InChI is InChI=1S/C16H22N2O3/c1-10-4-7-14(11(2)8-10)18(3)16(21)17-13-6-5-12(9-13)15(19)20/h4,7-8,12-13H,5-6,9H2,1-3H3,(H,17,21)(H,19,20). The number of carbonyl (C=O) groups excluding carboxylic acids is 1. The van der Waals surface area contributed by atoms with E-state index in [0.717, 1.165) is 23.2 Å². The number of anilines is 1. The third kappa shape index (κ3) is 3.54. The van der Waals surface area contributed by atoms with Crippen LogP contribution >= 0.6 is 0 Å². The first-order valence-electron chi connectivity index (χ1n) is 7.22. The van der Waals surface area contributed by atoms with Gasteiger partial charge in [-0.1, -0.05) is 17.7 Å². The van der Waals surface area contributed by atoms with Gasteiger partial charge in [-0.3, -0.25) is 9.69 Å². The molecule has 1 aliphatic carbocycles. The van der Waals surface area contributed by atoms with E-state index in [1.54, 1.807) is 11.9 Å². The highest BCUT2D eigenvalue weighted by molar-refractivity contribution is 5.92. The average Bonchev–Trinajstić information content (AvgIpc) is 2.86. The molecule has 0 radical (unpaired) electrons. The van der Waals surface area contributed by atoms with Crippen LogP contribution in [0.1, 0.15) is 30.4 Å². The van der Waals surface area contributed by atoms with Gasteiger partial charge < -0.3 is 10.4 Å². The van der Waals surface area contributed by atoms with Crippen molar-refractivity contribution in [2.45, 2.75) is 39.2 Å². The largest absolute Gasteiger partial charge is 0.481 e. The Labute approximate surface area is 125 Å². The molecule has 1 aliphatic rings. The molecule has 1 aromatic carbocycles. The Hall–Kier alpha value is -2.04. The van der Waals surface area contributed by atoms with Crippen LogP contribution in [-0.4, -0.2) is 30.2 Å². The number of benzene rings is 1. The summed E-state index contributed by atoms with van der Waals surface area (Å²) in [6, 6.07) is 5.71. The highest BCUT2D eigenvalue weighted by Gasteiger charge is 2.31. The van der Waals surface area contributed by atoms with Crippen LogP contribution in [0.3, 0.4) is 0 Å². The van der Waals surface area contributed by atoms with E-state index >= 15 is 0 Å². The molecule has 0 heterocycles. The minimum absolute atomic E-state index is 0.0493. The fraction of sp³-hybridized carbons (Fsp3) is 0.500. The number of carboxylic acids is 1. The van der Waals surface area contributed by atoms with Gasteiger partial charge in [-0.25, -0.2) is 4.79 Å². The van der Waals surface area contributed by atoms with Crippen molar-refractivity contribution in [1.82, 2.24) is 5.32 Å². The van der Waals surface area contributed by atoms with E-state index < -0.39 is 5.97 Å². The summed E-state index contributed by atoms with van der Waals surface area (Å²) in [4.78, 5) is 24.8. The molecule has 0 bridgehead atoms. The smallest absolute Gasteiger partial charge is 0.321 e. The molecule has 1 fully saturated rings. The number of carbonyl (C=O) groups is 2. The quantitative estimate of drug-likeness (QED) is 0.899. The van der Waals surface area contributed by atoms with Gasteiger partial charge in [-0.15, -0.1) is 0 Å². The molecule has 5 heteroatoms. The molecular formula is C16H22N2O3. The lowest BCUT2D eigenvalue weighted by Crippen LogP contribution is -2.42. The van der Waals surface area contributed by atoms with Crippen molar-refractivity contribution in [2.75, 3.05) is 11.9 Å². The number of hydrogen-bond acceptors (Lipinski definition) is 2. The number of rotatable bonds is 3. The predicted molar refractivity (Wildman–Crippen MR) is 81.6 cm³/mol. The molecule has 2 N–H and O–H groups in total. The first-order chi connectivity index (χ1) is 9.88. The Balaban J connectivity index is 1.99. The van der Waals surface area contributed by atoms with E-state index in [1.807, 2.05) is 32.0 Å². The van der Waals surface area contributed by atoms with Gasteiger partial charge in [0, 0.05) is 18.8 Å². The van der Waals surface area contributed by atoms with Gasteiger partial charge in [0.1, 0.15) is 0 Å². The van der Waals surface area contributed by atoms with Gasteiger partial charge >= 0.3 is 12.0 Å². The Bertz CT molecular complexity index is 556. The molecule has 21 heavy (non-hydrogen) atoms. The molecule has 0 spiro atoms. The molecule has 0 saturated heterocycles. The molecule has 0 aliphatic heterocycles. The minimum Gasteiger partial charge on any atom is -0.481 e. The zero-order chi connectivity index (χ0) is 15.6. The maximum absolute atomic E-state index is 12.3. The normalized spacial score (nSPS) is 21.1. The molecule has 2 unspecified atom stereocenters. The summed E-state index contributed by atoms with van der Waals surface area (Å²) in [6.45, 7) is 3.99. The number of carboxylic acid groups (broad SMARTS) is 1. The van der Waals surface area contributed by atoms with E-state index in [0.29, 0.717) is 12.8 Å². The van der Waals surface area contributed by atoms with Crippen molar-refractivity contribution >= 4 is 17.7 Å². The number of amides is 2. The maximum atomic E-state index is 12.3. The number of aliphatic carboxylic acids is 1. The Kier molecular flexibility index (Phi) is 4.50. The van der Waals surface area contributed by atoms with E-state index in [4.69, 9.17) is 5.11 Å². The summed E-state index contributed by atoms with van der Waals surface area (Å²) in [5.41, 5.74) is 3.07. The summed E-state index contributed by atoms with van der Waals surface area (Å²) in [7, 11) is 1.73. The Morgan fingerprint density at radius 1 is 1.29 bits per heavy atom. The molecule has 2 atom stereocenters. The van der Waals surface area contributed by atoms with Gasteiger partial charge in [0.2, 0.25) is 0 Å². The number of nitrogens with one attached hydrogen (secondary N) is 1. The topological polar surface area (TPSA) is 69.6 Å². The monoisotopic (exact) mass is 290 g/mol. The third-order valence-corrected chi connectivity index (χ3v) is 4.13. The fourth-order valence-corrected chi connectivity index (χ4v) is 2.90. The maximum Gasteiger partial charge on any atom is 0.321 e. The number of nitrogens with zero attached hydrogens (tertiary/aromatic N) is 1. The summed E-state index contributed by atoms with van der Waals surface area (Å²) < 4.78 is 0. The molecule has 5 nitrogen and oxygen atoms in total. The second kappa shape index (κ2) is 6.16. The molecular weight excluding hydrogens is 268 g/mol. The zero-order valence-electron chi connectivity index (χ0n) is 12.7. The van der Waals surface area contributed by atoms with Crippen molar-refractivity contribution in [1.29, 1.82) is 0 Å². The number of hydrogen-bond donors (Lipinski definition) is 2. The van der Waals surface area contributed by atoms with Gasteiger partial charge in [-0.05, 0) is 44.7 Å². The number of urea groups is 1. The van der Waals surface area contributed by atoms with Crippen molar-refractivity contribution in [3.8, 4) is 0 Å². The highest BCUT2D eigenvalue weighted by atomic mass is 16.4. The van der Waals surface area contributed by atoms with Crippen molar-refractivity contribution in [2.24, 2.45) is 5.92 Å². The molecule has 0 aromatic heterocycles. The van der Waals surface area contributed by atoms with Crippen molar-refractivity contribution in [3.63, 3.8) is 0 Å². The number of aryl methyl sites for hydroxylation is 2. The van der Waals surface area contributed by atoms with Gasteiger partial charge in [0.05, 0.1) is 5.92 Å². The van der Waals surface area contributed by atoms with Crippen molar-refractivity contribution in [3.05, 3.63) is 29.3 Å². The van der Waals surface area contributed by atoms with Crippen LogP contribution in [0.15, 0.2) is 18.2 Å². The van der Waals surface area contributed by atoms with Gasteiger partial charge in [0.25, 0.3) is 0 Å². The lowest BCUT2D eigenvalue weighted by atomic mass is 10.1. The van der Waals surface area contributed by atoms with Gasteiger partial charge in [0.15, 0.2) is 0 Å². The summed E-state index contributed by atoms with van der Waals surface area (Å²) in [5.74, 6) is -1.10. The third-order valence-electron chi connectivity index (χ3n) is 4.13. The summed E-state index contributed by atoms with van der Waals surface area (Å²) in [6.07, 6.45) is 1.87. The molecule has 1 aromatic rings. The van der Waals surface area contributed by atoms with Crippen LogP contribution in [0.5, 0.6) is 0 Å². The average molecular weight is 290 g/mol. The van der Waals surface area contributed by atoms with Gasteiger partial charge in [-0.2, -0.15) is 0 Å². The first kappa shape index (κ1) is 15.4. The molecule has 1 saturated carbocycles.